The fourth-order valence-electron chi connectivity index (χ4n) is 3.79. The molecule has 0 spiro atoms. The Labute approximate surface area is 204 Å². The highest BCUT2D eigenvalue weighted by Crippen LogP contribution is 2.25. The van der Waals surface area contributed by atoms with Crippen molar-refractivity contribution in [2.45, 2.75) is 39.4 Å². The summed E-state index contributed by atoms with van der Waals surface area (Å²) in [6.45, 7) is 8.70. The van der Waals surface area contributed by atoms with Crippen LogP contribution in [0.3, 0.4) is 0 Å². The molecule has 1 heterocycles. The molecule has 174 valence electrons. The topological polar surface area (TPSA) is 71.8 Å². The third-order valence-electron chi connectivity index (χ3n) is 5.62. The lowest BCUT2D eigenvalue weighted by atomic mass is 10.1. The maximum Gasteiger partial charge on any atom is 0.234 e. The highest BCUT2D eigenvalue weighted by atomic mass is 32.2. The molecule has 3 aromatic carbocycles. The molecular weight excluding hydrogens is 442 g/mol. The van der Waals surface area contributed by atoms with E-state index in [9.17, 15) is 4.79 Å². The minimum absolute atomic E-state index is 0.0727. The molecule has 0 atom stereocenters. The number of nitrogens with zero attached hydrogens (tertiary/aromatic N) is 3. The summed E-state index contributed by atoms with van der Waals surface area (Å²) >= 11 is 1.38. The van der Waals surface area contributed by atoms with E-state index < -0.39 is 0 Å². The average molecular weight is 472 g/mol. The van der Waals surface area contributed by atoms with Gasteiger partial charge >= 0.3 is 0 Å². The van der Waals surface area contributed by atoms with E-state index >= 15 is 0 Å². The number of carbonyl (C=O) groups is 1. The standard InChI is InChI=1S/C27H29N5OS/c1-18-13-14-19(2)23(15-18)29-25(33)17-34-27-31-30-24(32(27)22-11-6-5-7-12-22)16-28-26-20(3)9-8-10-21(26)4/h5-15,28H,16-17H2,1-4H3,(H,29,33). The van der Waals surface area contributed by atoms with Gasteiger partial charge in [-0.2, -0.15) is 0 Å². The van der Waals surface area contributed by atoms with Crippen LogP contribution in [0, 0.1) is 27.7 Å². The van der Waals surface area contributed by atoms with Gasteiger partial charge in [0.2, 0.25) is 5.91 Å². The Balaban J connectivity index is 1.52. The summed E-state index contributed by atoms with van der Waals surface area (Å²) in [7, 11) is 0. The van der Waals surface area contributed by atoms with E-state index in [1.807, 2.05) is 66.9 Å². The molecule has 0 radical (unpaired) electrons. The maximum atomic E-state index is 12.7. The molecule has 0 aliphatic heterocycles. The Morgan fingerprint density at radius 1 is 0.882 bits per heavy atom. The van der Waals surface area contributed by atoms with Crippen LogP contribution in [-0.2, 0) is 11.3 Å². The number of anilines is 2. The van der Waals surface area contributed by atoms with Crippen LogP contribution in [0.4, 0.5) is 11.4 Å². The minimum atomic E-state index is -0.0727. The zero-order chi connectivity index (χ0) is 24.1. The molecule has 2 N–H and O–H groups in total. The molecule has 34 heavy (non-hydrogen) atoms. The van der Waals surface area contributed by atoms with Crippen LogP contribution in [0.2, 0.25) is 0 Å². The van der Waals surface area contributed by atoms with Crippen LogP contribution in [-0.4, -0.2) is 26.4 Å². The van der Waals surface area contributed by atoms with Crippen LogP contribution < -0.4 is 10.6 Å². The number of amides is 1. The monoisotopic (exact) mass is 471 g/mol. The van der Waals surface area contributed by atoms with Crippen molar-refractivity contribution in [3.8, 4) is 5.69 Å². The first-order valence-electron chi connectivity index (χ1n) is 11.2. The van der Waals surface area contributed by atoms with Crippen LogP contribution in [0.15, 0.2) is 71.9 Å². The Bertz CT molecular complexity index is 1280. The summed E-state index contributed by atoms with van der Waals surface area (Å²) in [5, 5.41) is 16.1. The second kappa shape index (κ2) is 10.6. The molecule has 0 aliphatic carbocycles. The number of hydrogen-bond acceptors (Lipinski definition) is 5. The van der Waals surface area contributed by atoms with Crippen LogP contribution in [0.1, 0.15) is 28.1 Å². The van der Waals surface area contributed by atoms with Crippen molar-refractivity contribution >= 4 is 29.0 Å². The Morgan fingerprint density at radius 3 is 2.35 bits per heavy atom. The molecule has 0 saturated carbocycles. The second-order valence-corrected chi connectivity index (χ2v) is 9.29. The lowest BCUT2D eigenvalue weighted by Crippen LogP contribution is -2.15. The summed E-state index contributed by atoms with van der Waals surface area (Å²) in [5.74, 6) is 0.950. The van der Waals surface area contributed by atoms with E-state index in [-0.39, 0.29) is 11.7 Å². The van der Waals surface area contributed by atoms with E-state index in [1.54, 1.807) is 0 Å². The van der Waals surface area contributed by atoms with Gasteiger partial charge in [-0.25, -0.2) is 0 Å². The predicted octanol–water partition coefficient (Wildman–Crippen LogP) is 5.84. The summed E-state index contributed by atoms with van der Waals surface area (Å²) in [6.07, 6.45) is 0. The number of aryl methyl sites for hydroxylation is 4. The normalized spacial score (nSPS) is 10.8. The zero-order valence-electron chi connectivity index (χ0n) is 19.9. The molecule has 0 saturated heterocycles. The smallest absolute Gasteiger partial charge is 0.234 e. The van der Waals surface area contributed by atoms with Gasteiger partial charge in [-0.3, -0.25) is 9.36 Å². The molecule has 7 heteroatoms. The Kier molecular flexibility index (Phi) is 7.33. The highest BCUT2D eigenvalue weighted by molar-refractivity contribution is 7.99. The lowest BCUT2D eigenvalue weighted by Gasteiger charge is -2.14. The number of aromatic nitrogens is 3. The number of carbonyl (C=O) groups excluding carboxylic acids is 1. The van der Waals surface area contributed by atoms with E-state index in [2.05, 4.69) is 52.9 Å². The number of rotatable bonds is 8. The van der Waals surface area contributed by atoms with Crippen molar-refractivity contribution in [3.63, 3.8) is 0 Å². The van der Waals surface area contributed by atoms with E-state index in [0.717, 1.165) is 34.0 Å². The summed E-state index contributed by atoms with van der Waals surface area (Å²) in [5.41, 5.74) is 7.42. The minimum Gasteiger partial charge on any atom is -0.377 e. The maximum absolute atomic E-state index is 12.7. The van der Waals surface area contributed by atoms with Gasteiger partial charge in [0, 0.05) is 17.1 Å². The summed E-state index contributed by atoms with van der Waals surface area (Å²) in [4.78, 5) is 12.7. The number of thioether (sulfide) groups is 1. The first-order valence-corrected chi connectivity index (χ1v) is 12.2. The quantitative estimate of drug-likeness (QED) is 0.316. The number of benzene rings is 3. The molecule has 4 rings (SSSR count). The van der Waals surface area contributed by atoms with Crippen molar-refractivity contribution in [3.05, 3.63) is 94.8 Å². The average Bonchev–Trinajstić information content (AvgIpc) is 3.23. The molecule has 0 fully saturated rings. The van der Waals surface area contributed by atoms with Crippen molar-refractivity contribution in [1.82, 2.24) is 14.8 Å². The van der Waals surface area contributed by atoms with E-state index in [1.165, 1.54) is 22.9 Å². The first kappa shape index (κ1) is 23.6. The Hall–Kier alpha value is -3.58. The zero-order valence-corrected chi connectivity index (χ0v) is 20.7. The van der Waals surface area contributed by atoms with Gasteiger partial charge < -0.3 is 10.6 Å². The largest absolute Gasteiger partial charge is 0.377 e. The fourth-order valence-corrected chi connectivity index (χ4v) is 4.56. The predicted molar refractivity (Wildman–Crippen MR) is 140 cm³/mol. The first-order chi connectivity index (χ1) is 16.4. The summed E-state index contributed by atoms with van der Waals surface area (Å²) in [6, 6.07) is 22.3. The third kappa shape index (κ3) is 5.48. The Morgan fingerprint density at radius 2 is 1.62 bits per heavy atom. The molecule has 0 aliphatic rings. The van der Waals surface area contributed by atoms with Crippen molar-refractivity contribution in [1.29, 1.82) is 0 Å². The van der Waals surface area contributed by atoms with Crippen molar-refractivity contribution in [2.24, 2.45) is 0 Å². The van der Waals surface area contributed by atoms with E-state index in [4.69, 9.17) is 0 Å². The van der Waals surface area contributed by atoms with Crippen LogP contribution in [0.5, 0.6) is 0 Å². The molecule has 1 aromatic heterocycles. The SMILES string of the molecule is Cc1ccc(C)c(NC(=O)CSc2nnc(CNc3c(C)cccc3C)n2-c2ccccc2)c1. The van der Waals surface area contributed by atoms with Gasteiger partial charge in [0.25, 0.3) is 0 Å². The van der Waals surface area contributed by atoms with Gasteiger partial charge in [-0.15, -0.1) is 10.2 Å². The molecule has 0 unspecified atom stereocenters. The molecule has 4 aromatic rings. The molecular formula is C27H29N5OS. The molecule has 6 nitrogen and oxygen atoms in total. The van der Waals surface area contributed by atoms with Crippen LogP contribution >= 0.6 is 11.8 Å². The highest BCUT2D eigenvalue weighted by Gasteiger charge is 2.17. The second-order valence-electron chi connectivity index (χ2n) is 8.35. The van der Waals surface area contributed by atoms with Crippen molar-refractivity contribution in [2.75, 3.05) is 16.4 Å². The van der Waals surface area contributed by atoms with Crippen molar-refractivity contribution < 1.29 is 4.79 Å². The third-order valence-corrected chi connectivity index (χ3v) is 6.55. The summed E-state index contributed by atoms with van der Waals surface area (Å²) < 4.78 is 2.01. The van der Waals surface area contributed by atoms with Gasteiger partial charge in [0.15, 0.2) is 11.0 Å². The van der Waals surface area contributed by atoms with Gasteiger partial charge in [0.05, 0.1) is 12.3 Å². The molecule has 1 amide bonds. The number of para-hydroxylation sites is 2. The van der Waals surface area contributed by atoms with Gasteiger partial charge in [-0.1, -0.05) is 60.3 Å². The van der Waals surface area contributed by atoms with Gasteiger partial charge in [0.1, 0.15) is 0 Å². The number of nitrogens with one attached hydrogen (secondary N) is 2. The fraction of sp³-hybridized carbons (Fsp3) is 0.222. The van der Waals surface area contributed by atoms with Gasteiger partial charge in [-0.05, 0) is 68.1 Å². The number of hydrogen-bond donors (Lipinski definition) is 2. The lowest BCUT2D eigenvalue weighted by molar-refractivity contribution is -0.113. The van der Waals surface area contributed by atoms with E-state index in [0.29, 0.717) is 11.7 Å². The molecule has 0 bridgehead atoms. The van der Waals surface area contributed by atoms with Crippen LogP contribution in [0.25, 0.3) is 5.69 Å².